The molecule has 6 heteroatoms. The first kappa shape index (κ1) is 17.7. The maximum Gasteiger partial charge on any atom is 0.245 e. The summed E-state index contributed by atoms with van der Waals surface area (Å²) < 4.78 is 5.42. The van der Waals surface area contributed by atoms with Crippen molar-refractivity contribution in [2.24, 2.45) is 0 Å². The van der Waals surface area contributed by atoms with Crippen LogP contribution in [0.1, 0.15) is 25.3 Å². The first-order valence-electron chi connectivity index (χ1n) is 9.00. The van der Waals surface area contributed by atoms with Crippen LogP contribution in [-0.4, -0.2) is 72.4 Å². The Morgan fingerprint density at radius 2 is 1.84 bits per heavy atom. The highest BCUT2D eigenvalue weighted by Gasteiger charge is 2.36. The number of benzene rings is 1. The highest BCUT2D eigenvalue weighted by Crippen LogP contribution is 2.22. The molecule has 136 valence electrons. The highest BCUT2D eigenvalue weighted by atomic mass is 16.5. The van der Waals surface area contributed by atoms with E-state index in [4.69, 9.17) is 4.74 Å². The minimum Gasteiger partial charge on any atom is -0.496 e. The van der Waals surface area contributed by atoms with Crippen LogP contribution in [0.25, 0.3) is 0 Å². The third-order valence-electron chi connectivity index (χ3n) is 5.21. The van der Waals surface area contributed by atoms with Crippen LogP contribution in [0.2, 0.25) is 0 Å². The smallest absolute Gasteiger partial charge is 0.245 e. The average Bonchev–Trinajstić information content (AvgIpc) is 3.12. The lowest BCUT2D eigenvalue weighted by Crippen LogP contribution is -2.54. The van der Waals surface area contributed by atoms with Crippen LogP contribution in [0.5, 0.6) is 5.75 Å². The number of para-hydroxylation sites is 1. The van der Waals surface area contributed by atoms with Gasteiger partial charge in [0, 0.05) is 51.8 Å². The highest BCUT2D eigenvalue weighted by molar-refractivity contribution is 5.87. The largest absolute Gasteiger partial charge is 0.496 e. The van der Waals surface area contributed by atoms with E-state index in [1.54, 1.807) is 18.9 Å². The first-order chi connectivity index (χ1) is 12.1. The number of hydrogen-bond acceptors (Lipinski definition) is 4. The molecule has 2 aliphatic rings. The lowest BCUT2D eigenvalue weighted by molar-refractivity contribution is -0.144. The topological polar surface area (TPSA) is 53.1 Å². The van der Waals surface area contributed by atoms with Gasteiger partial charge >= 0.3 is 0 Å². The average molecular weight is 345 g/mol. The van der Waals surface area contributed by atoms with Gasteiger partial charge in [-0.2, -0.15) is 0 Å². The third-order valence-corrected chi connectivity index (χ3v) is 5.21. The molecule has 1 atom stereocenters. The second kappa shape index (κ2) is 7.87. The number of carbonyl (C=O) groups excluding carboxylic acids is 2. The van der Waals surface area contributed by atoms with Crippen LogP contribution in [0.4, 0.5) is 0 Å². The van der Waals surface area contributed by atoms with Gasteiger partial charge in [0.2, 0.25) is 11.8 Å². The lowest BCUT2D eigenvalue weighted by atomic mass is 10.1. The van der Waals surface area contributed by atoms with E-state index in [1.165, 1.54) is 5.56 Å². The zero-order valence-electron chi connectivity index (χ0n) is 15.1. The Kier molecular flexibility index (Phi) is 5.58. The number of hydrogen-bond donors (Lipinski definition) is 0. The molecule has 0 N–H and O–H groups in total. The van der Waals surface area contributed by atoms with Gasteiger partial charge in [-0.05, 0) is 18.9 Å². The minimum atomic E-state index is -0.252. The first-order valence-corrected chi connectivity index (χ1v) is 9.00. The van der Waals surface area contributed by atoms with Crippen LogP contribution < -0.4 is 4.74 Å². The van der Waals surface area contributed by atoms with E-state index >= 15 is 0 Å². The number of amides is 2. The van der Waals surface area contributed by atoms with Crippen molar-refractivity contribution in [3.8, 4) is 5.75 Å². The van der Waals surface area contributed by atoms with Gasteiger partial charge in [0.1, 0.15) is 11.8 Å². The molecule has 0 bridgehead atoms. The molecule has 0 aromatic heterocycles. The predicted molar refractivity (Wildman–Crippen MR) is 95.3 cm³/mol. The number of rotatable bonds is 4. The predicted octanol–water partition coefficient (Wildman–Crippen LogP) is 1.35. The van der Waals surface area contributed by atoms with Gasteiger partial charge in [-0.25, -0.2) is 0 Å². The molecular weight excluding hydrogens is 318 g/mol. The van der Waals surface area contributed by atoms with Crippen molar-refractivity contribution in [1.82, 2.24) is 14.7 Å². The Morgan fingerprint density at radius 3 is 2.52 bits per heavy atom. The number of methoxy groups -OCH3 is 1. The number of ether oxygens (including phenoxy) is 1. The summed E-state index contributed by atoms with van der Waals surface area (Å²) in [5, 5.41) is 0. The molecule has 2 aliphatic heterocycles. The Labute approximate surface area is 149 Å². The number of likely N-dealkylation sites (tertiary alicyclic amines) is 1. The molecule has 0 aliphatic carbocycles. The molecular formula is C19H27N3O3. The van der Waals surface area contributed by atoms with Gasteiger partial charge in [-0.3, -0.25) is 14.5 Å². The molecule has 3 rings (SSSR count). The fourth-order valence-corrected chi connectivity index (χ4v) is 3.81. The molecule has 2 heterocycles. The van der Waals surface area contributed by atoms with E-state index in [1.807, 2.05) is 23.1 Å². The summed E-state index contributed by atoms with van der Waals surface area (Å²) in [4.78, 5) is 30.5. The second-order valence-electron chi connectivity index (χ2n) is 6.78. The summed E-state index contributed by atoms with van der Waals surface area (Å²) in [6.07, 6.45) is 1.71. The van der Waals surface area contributed by atoms with Crippen molar-refractivity contribution in [2.45, 2.75) is 32.4 Å². The summed E-state index contributed by atoms with van der Waals surface area (Å²) in [7, 11) is 1.69. The summed E-state index contributed by atoms with van der Waals surface area (Å²) >= 11 is 0. The lowest BCUT2D eigenvalue weighted by Gasteiger charge is -2.37. The number of nitrogens with zero attached hydrogens (tertiary/aromatic N) is 3. The molecule has 2 amide bonds. The Bertz CT molecular complexity index is 626. The number of carbonyl (C=O) groups is 2. The zero-order valence-corrected chi connectivity index (χ0v) is 15.1. The fourth-order valence-electron chi connectivity index (χ4n) is 3.81. The van der Waals surface area contributed by atoms with Crippen LogP contribution in [-0.2, 0) is 16.1 Å². The molecule has 25 heavy (non-hydrogen) atoms. The van der Waals surface area contributed by atoms with Gasteiger partial charge in [0.15, 0.2) is 0 Å². The molecule has 6 nitrogen and oxygen atoms in total. The fraction of sp³-hybridized carbons (Fsp3) is 0.579. The van der Waals surface area contributed by atoms with Crippen LogP contribution in [0, 0.1) is 0 Å². The maximum atomic E-state index is 12.8. The SMILES string of the molecule is COc1ccccc1CN1CCN(C(=O)C2CCCN2C(C)=O)CC1. The van der Waals surface area contributed by atoms with Crippen molar-refractivity contribution in [1.29, 1.82) is 0 Å². The van der Waals surface area contributed by atoms with E-state index in [2.05, 4.69) is 11.0 Å². The van der Waals surface area contributed by atoms with E-state index < -0.39 is 0 Å². The van der Waals surface area contributed by atoms with Crippen LogP contribution in [0.3, 0.4) is 0 Å². The molecule has 1 aromatic rings. The summed E-state index contributed by atoms with van der Waals surface area (Å²) in [5.41, 5.74) is 1.17. The Balaban J connectivity index is 1.55. The Morgan fingerprint density at radius 1 is 1.12 bits per heavy atom. The summed E-state index contributed by atoms with van der Waals surface area (Å²) in [6, 6.07) is 7.80. The van der Waals surface area contributed by atoms with Crippen LogP contribution >= 0.6 is 0 Å². The van der Waals surface area contributed by atoms with Crippen molar-refractivity contribution >= 4 is 11.8 Å². The third kappa shape index (κ3) is 3.95. The maximum absolute atomic E-state index is 12.8. The summed E-state index contributed by atoms with van der Waals surface area (Å²) in [5.74, 6) is 1.03. The van der Waals surface area contributed by atoms with Crippen molar-refractivity contribution < 1.29 is 14.3 Å². The molecule has 2 fully saturated rings. The zero-order chi connectivity index (χ0) is 17.8. The van der Waals surface area contributed by atoms with Crippen molar-refractivity contribution in [3.63, 3.8) is 0 Å². The van der Waals surface area contributed by atoms with E-state index in [9.17, 15) is 9.59 Å². The van der Waals surface area contributed by atoms with E-state index in [0.29, 0.717) is 6.54 Å². The van der Waals surface area contributed by atoms with Gasteiger partial charge in [-0.15, -0.1) is 0 Å². The van der Waals surface area contributed by atoms with Gasteiger partial charge in [0.05, 0.1) is 7.11 Å². The molecule has 0 saturated carbocycles. The van der Waals surface area contributed by atoms with Crippen LogP contribution in [0.15, 0.2) is 24.3 Å². The molecule has 2 saturated heterocycles. The standard InChI is InChI=1S/C19H27N3O3/c1-15(23)22-9-5-7-17(22)19(24)21-12-10-20(11-13-21)14-16-6-3-4-8-18(16)25-2/h3-4,6,8,17H,5,7,9-14H2,1-2H3. The van der Waals surface area contributed by atoms with E-state index in [0.717, 1.165) is 51.3 Å². The quantitative estimate of drug-likeness (QED) is 0.827. The monoisotopic (exact) mass is 345 g/mol. The molecule has 1 aromatic carbocycles. The molecule has 1 unspecified atom stereocenters. The molecule has 0 radical (unpaired) electrons. The normalized spacial score (nSPS) is 21.4. The van der Waals surface area contributed by atoms with Crippen molar-refractivity contribution in [3.05, 3.63) is 29.8 Å². The van der Waals surface area contributed by atoms with Crippen molar-refractivity contribution in [2.75, 3.05) is 39.8 Å². The number of piperazine rings is 1. The van der Waals surface area contributed by atoms with Gasteiger partial charge < -0.3 is 14.5 Å². The minimum absolute atomic E-state index is 0.00524. The summed E-state index contributed by atoms with van der Waals surface area (Å²) in [6.45, 7) is 6.21. The second-order valence-corrected chi connectivity index (χ2v) is 6.78. The Hall–Kier alpha value is -2.08. The van der Waals surface area contributed by atoms with Gasteiger partial charge in [-0.1, -0.05) is 18.2 Å². The molecule has 0 spiro atoms. The van der Waals surface area contributed by atoms with Gasteiger partial charge in [0.25, 0.3) is 0 Å². The van der Waals surface area contributed by atoms with E-state index in [-0.39, 0.29) is 17.9 Å².